The molecule has 0 saturated carbocycles. The summed E-state index contributed by atoms with van der Waals surface area (Å²) >= 11 is 6.44. The zero-order valence-corrected chi connectivity index (χ0v) is 16.5. The van der Waals surface area contributed by atoms with Gasteiger partial charge in [0.15, 0.2) is 0 Å². The van der Waals surface area contributed by atoms with Crippen LogP contribution < -0.4 is 4.74 Å². The smallest absolute Gasteiger partial charge is 0.343 e. The summed E-state index contributed by atoms with van der Waals surface area (Å²) in [5, 5.41) is 0.476. The van der Waals surface area contributed by atoms with Gasteiger partial charge in [0.25, 0.3) is 0 Å². The highest BCUT2D eigenvalue weighted by atomic mass is 35.5. The molecule has 28 heavy (non-hydrogen) atoms. The number of benzene rings is 3. The van der Waals surface area contributed by atoms with Crippen LogP contribution in [0.4, 0.5) is 0 Å². The van der Waals surface area contributed by atoms with E-state index in [2.05, 4.69) is 36.2 Å². The lowest BCUT2D eigenvalue weighted by Gasteiger charge is -2.26. The minimum absolute atomic E-state index is 0.279. The number of hydrogen-bond acceptors (Lipinski definition) is 3. The van der Waals surface area contributed by atoms with E-state index in [0.717, 1.165) is 19.4 Å². The summed E-state index contributed by atoms with van der Waals surface area (Å²) in [6.45, 7) is 0.950. The van der Waals surface area contributed by atoms with Crippen LogP contribution in [0, 0.1) is 0 Å². The molecule has 4 rings (SSSR count). The van der Waals surface area contributed by atoms with Crippen LogP contribution in [-0.2, 0) is 12.8 Å². The third-order valence-corrected chi connectivity index (χ3v) is 5.63. The molecule has 0 bridgehead atoms. The lowest BCUT2D eigenvalue weighted by atomic mass is 9.96. The van der Waals surface area contributed by atoms with E-state index in [1.54, 1.807) is 12.1 Å². The van der Waals surface area contributed by atoms with E-state index < -0.39 is 5.97 Å². The van der Waals surface area contributed by atoms with Crippen molar-refractivity contribution in [1.82, 2.24) is 4.90 Å². The van der Waals surface area contributed by atoms with Crippen molar-refractivity contribution < 1.29 is 9.53 Å². The van der Waals surface area contributed by atoms with Gasteiger partial charge in [-0.1, -0.05) is 60.1 Å². The SMILES string of the molecule is CN1CCc2cc(Cl)c(OC(=O)c3ccccc3)cc2C[C@H]1c1ccccc1. The van der Waals surface area contributed by atoms with Gasteiger partial charge in [-0.15, -0.1) is 0 Å². The van der Waals surface area contributed by atoms with Gasteiger partial charge in [0.1, 0.15) is 5.75 Å². The molecular formula is C24H22ClNO2. The van der Waals surface area contributed by atoms with Crippen LogP contribution in [0.15, 0.2) is 72.8 Å². The Kier molecular flexibility index (Phi) is 5.47. The van der Waals surface area contributed by atoms with Crippen molar-refractivity contribution in [2.24, 2.45) is 0 Å². The molecule has 142 valence electrons. The van der Waals surface area contributed by atoms with Gasteiger partial charge < -0.3 is 4.74 Å². The summed E-state index contributed by atoms with van der Waals surface area (Å²) in [4.78, 5) is 14.8. The second kappa shape index (κ2) is 8.17. The van der Waals surface area contributed by atoms with E-state index in [0.29, 0.717) is 16.3 Å². The number of esters is 1. The van der Waals surface area contributed by atoms with Gasteiger partial charge in [-0.2, -0.15) is 0 Å². The van der Waals surface area contributed by atoms with Crippen LogP contribution in [0.3, 0.4) is 0 Å². The van der Waals surface area contributed by atoms with Crippen LogP contribution in [0.1, 0.15) is 33.1 Å². The molecule has 0 fully saturated rings. The largest absolute Gasteiger partial charge is 0.421 e. The first-order chi connectivity index (χ1) is 13.6. The van der Waals surface area contributed by atoms with Gasteiger partial charge in [-0.3, -0.25) is 4.90 Å². The van der Waals surface area contributed by atoms with E-state index in [1.807, 2.05) is 36.4 Å². The van der Waals surface area contributed by atoms with E-state index in [4.69, 9.17) is 16.3 Å². The van der Waals surface area contributed by atoms with Gasteiger partial charge >= 0.3 is 5.97 Å². The Labute approximate surface area is 170 Å². The summed E-state index contributed by atoms with van der Waals surface area (Å²) < 4.78 is 5.62. The normalized spacial score (nSPS) is 16.9. The molecule has 3 aromatic carbocycles. The molecule has 1 aliphatic rings. The first-order valence-electron chi connectivity index (χ1n) is 9.45. The lowest BCUT2D eigenvalue weighted by Crippen LogP contribution is -2.26. The molecular weight excluding hydrogens is 370 g/mol. The first kappa shape index (κ1) is 18.7. The molecule has 0 aliphatic carbocycles. The van der Waals surface area contributed by atoms with E-state index in [1.165, 1.54) is 16.7 Å². The average molecular weight is 392 g/mol. The van der Waals surface area contributed by atoms with Crippen LogP contribution in [0.5, 0.6) is 5.75 Å². The Morgan fingerprint density at radius 3 is 2.39 bits per heavy atom. The van der Waals surface area contributed by atoms with Gasteiger partial charge in [0.05, 0.1) is 10.6 Å². The monoisotopic (exact) mass is 391 g/mol. The number of fused-ring (bicyclic) bond motifs is 1. The Morgan fingerprint density at radius 2 is 1.68 bits per heavy atom. The van der Waals surface area contributed by atoms with E-state index >= 15 is 0 Å². The highest BCUT2D eigenvalue weighted by Crippen LogP contribution is 2.35. The Bertz CT molecular complexity index is 973. The number of carbonyl (C=O) groups is 1. The third kappa shape index (κ3) is 3.96. The van der Waals surface area contributed by atoms with Crippen molar-refractivity contribution >= 4 is 17.6 Å². The van der Waals surface area contributed by atoms with E-state index in [-0.39, 0.29) is 6.04 Å². The number of ether oxygens (including phenoxy) is 1. The average Bonchev–Trinajstić information content (AvgIpc) is 2.88. The summed E-state index contributed by atoms with van der Waals surface area (Å²) in [5.74, 6) is 0.0263. The molecule has 1 aliphatic heterocycles. The van der Waals surface area contributed by atoms with Gasteiger partial charge in [0.2, 0.25) is 0 Å². The number of hydrogen-bond donors (Lipinski definition) is 0. The molecule has 0 N–H and O–H groups in total. The van der Waals surface area contributed by atoms with Crippen molar-refractivity contribution in [3.63, 3.8) is 0 Å². The van der Waals surface area contributed by atoms with Gasteiger partial charge in [-0.05, 0) is 60.8 Å². The molecule has 3 nitrogen and oxygen atoms in total. The zero-order valence-electron chi connectivity index (χ0n) is 15.8. The topological polar surface area (TPSA) is 29.5 Å². The number of carbonyl (C=O) groups excluding carboxylic acids is 1. The zero-order chi connectivity index (χ0) is 19.5. The number of nitrogens with zero attached hydrogens (tertiary/aromatic N) is 1. The number of halogens is 1. The molecule has 4 heteroatoms. The second-order valence-electron chi connectivity index (χ2n) is 7.17. The predicted molar refractivity (Wildman–Crippen MR) is 112 cm³/mol. The van der Waals surface area contributed by atoms with Crippen molar-refractivity contribution in [3.8, 4) is 5.75 Å². The van der Waals surface area contributed by atoms with Crippen LogP contribution in [-0.4, -0.2) is 24.5 Å². The fourth-order valence-electron chi connectivity index (χ4n) is 3.73. The third-order valence-electron chi connectivity index (χ3n) is 5.33. The molecule has 0 spiro atoms. The second-order valence-corrected chi connectivity index (χ2v) is 7.58. The van der Waals surface area contributed by atoms with Crippen LogP contribution >= 0.6 is 11.6 Å². The van der Waals surface area contributed by atoms with Crippen LogP contribution in [0.25, 0.3) is 0 Å². The Balaban J connectivity index is 1.64. The van der Waals surface area contributed by atoms with Crippen molar-refractivity contribution in [3.05, 3.63) is 100 Å². The number of likely N-dealkylation sites (N-methyl/N-ethyl adjacent to an activating group) is 1. The maximum atomic E-state index is 12.5. The predicted octanol–water partition coefficient (Wildman–Crippen LogP) is 5.33. The molecule has 0 saturated heterocycles. The molecule has 1 heterocycles. The maximum Gasteiger partial charge on any atom is 0.343 e. The molecule has 1 atom stereocenters. The molecule has 0 radical (unpaired) electrons. The fourth-order valence-corrected chi connectivity index (χ4v) is 3.96. The summed E-state index contributed by atoms with van der Waals surface area (Å²) in [7, 11) is 2.15. The standard InChI is InChI=1S/C24H22ClNO2/c1-26-13-12-19-14-21(25)23(28-24(27)18-10-6-3-7-11-18)16-20(19)15-22(26)17-8-4-2-5-9-17/h2-11,14,16,22H,12-13,15H2,1H3/t22-/m0/s1. The summed E-state index contributed by atoms with van der Waals surface area (Å²) in [5.41, 5.74) is 4.19. The lowest BCUT2D eigenvalue weighted by molar-refractivity contribution is 0.0734. The summed E-state index contributed by atoms with van der Waals surface area (Å²) in [6, 6.07) is 23.7. The quantitative estimate of drug-likeness (QED) is 0.446. The molecule has 0 aromatic heterocycles. The molecule has 0 unspecified atom stereocenters. The fraction of sp³-hybridized carbons (Fsp3) is 0.208. The minimum atomic E-state index is -0.396. The minimum Gasteiger partial charge on any atom is -0.421 e. The first-order valence-corrected chi connectivity index (χ1v) is 9.83. The Hall–Kier alpha value is -2.62. The van der Waals surface area contributed by atoms with Crippen molar-refractivity contribution in [1.29, 1.82) is 0 Å². The maximum absolute atomic E-state index is 12.5. The van der Waals surface area contributed by atoms with Crippen molar-refractivity contribution in [2.75, 3.05) is 13.6 Å². The molecule has 0 amide bonds. The van der Waals surface area contributed by atoms with Gasteiger partial charge in [-0.25, -0.2) is 4.79 Å². The summed E-state index contributed by atoms with van der Waals surface area (Å²) in [6.07, 6.45) is 1.77. The van der Waals surface area contributed by atoms with Crippen LogP contribution in [0.2, 0.25) is 5.02 Å². The van der Waals surface area contributed by atoms with Crippen molar-refractivity contribution in [2.45, 2.75) is 18.9 Å². The highest BCUT2D eigenvalue weighted by molar-refractivity contribution is 6.32. The highest BCUT2D eigenvalue weighted by Gasteiger charge is 2.24. The number of rotatable bonds is 3. The Morgan fingerprint density at radius 1 is 1.00 bits per heavy atom. The molecule has 3 aromatic rings. The van der Waals surface area contributed by atoms with Gasteiger partial charge in [0, 0.05) is 12.6 Å². The van der Waals surface area contributed by atoms with E-state index in [9.17, 15) is 4.79 Å².